The molecule has 38 heavy (non-hydrogen) atoms. The number of ether oxygens (including phenoxy) is 1. The third-order valence-electron chi connectivity index (χ3n) is 6.66. The van der Waals surface area contributed by atoms with Gasteiger partial charge in [0, 0.05) is 32.4 Å². The van der Waals surface area contributed by atoms with Gasteiger partial charge in [-0.25, -0.2) is 9.37 Å². The summed E-state index contributed by atoms with van der Waals surface area (Å²) in [4.78, 5) is 33.2. The van der Waals surface area contributed by atoms with Crippen molar-refractivity contribution in [3.8, 4) is 5.75 Å². The number of fused-ring (bicyclic) bond motifs is 1. The van der Waals surface area contributed by atoms with Crippen LogP contribution < -0.4 is 4.74 Å². The van der Waals surface area contributed by atoms with Crippen molar-refractivity contribution in [1.82, 2.24) is 14.8 Å². The van der Waals surface area contributed by atoms with E-state index in [0.717, 1.165) is 28.7 Å². The summed E-state index contributed by atoms with van der Waals surface area (Å²) in [5, 5.41) is 2.44. The summed E-state index contributed by atoms with van der Waals surface area (Å²) in [7, 11) is 1.76. The molecule has 5 rings (SSSR count). The second-order valence-corrected chi connectivity index (χ2v) is 10.3. The van der Waals surface area contributed by atoms with Crippen molar-refractivity contribution < 1.29 is 18.7 Å². The second-order valence-electron chi connectivity index (χ2n) is 9.34. The van der Waals surface area contributed by atoms with Crippen LogP contribution in [0.25, 0.3) is 0 Å². The lowest BCUT2D eigenvalue weighted by atomic mass is 9.88. The van der Waals surface area contributed by atoms with Gasteiger partial charge in [0.15, 0.2) is 0 Å². The van der Waals surface area contributed by atoms with E-state index in [-0.39, 0.29) is 30.3 Å². The average Bonchev–Trinajstić information content (AvgIpc) is 3.40. The summed E-state index contributed by atoms with van der Waals surface area (Å²) < 4.78 is 20.1. The molecule has 1 aliphatic heterocycles. The number of rotatable bonds is 7. The summed E-state index contributed by atoms with van der Waals surface area (Å²) in [6.45, 7) is 2.82. The van der Waals surface area contributed by atoms with Crippen LogP contribution in [0.15, 0.2) is 78.2 Å². The molecule has 0 N–H and O–H groups in total. The lowest BCUT2D eigenvalue weighted by molar-refractivity contribution is -0.130. The Labute approximate surface area is 225 Å². The Kier molecular flexibility index (Phi) is 7.51. The lowest BCUT2D eigenvalue weighted by Crippen LogP contribution is -2.39. The first-order chi connectivity index (χ1) is 18.4. The van der Waals surface area contributed by atoms with E-state index in [2.05, 4.69) is 4.98 Å². The van der Waals surface area contributed by atoms with E-state index in [1.54, 1.807) is 28.3 Å². The Hall–Kier alpha value is -4.04. The van der Waals surface area contributed by atoms with Crippen molar-refractivity contribution in [2.24, 2.45) is 0 Å². The highest BCUT2D eigenvalue weighted by Gasteiger charge is 2.31. The molecule has 3 aromatic carbocycles. The van der Waals surface area contributed by atoms with Crippen LogP contribution in [0.4, 0.5) is 4.39 Å². The monoisotopic (exact) mass is 529 g/mol. The largest absolute Gasteiger partial charge is 0.486 e. The average molecular weight is 530 g/mol. The predicted molar refractivity (Wildman–Crippen MR) is 144 cm³/mol. The van der Waals surface area contributed by atoms with Crippen molar-refractivity contribution in [2.45, 2.75) is 32.5 Å². The molecule has 0 saturated heterocycles. The molecule has 8 heteroatoms. The zero-order chi connectivity index (χ0) is 26.6. The van der Waals surface area contributed by atoms with Crippen LogP contribution in [0.1, 0.15) is 50.7 Å². The first kappa shape index (κ1) is 25.6. The first-order valence-electron chi connectivity index (χ1n) is 12.4. The fraction of sp³-hybridized carbons (Fsp3) is 0.233. The van der Waals surface area contributed by atoms with Crippen LogP contribution in [0, 0.1) is 5.82 Å². The predicted octanol–water partition coefficient (Wildman–Crippen LogP) is 5.63. The number of carbonyl (C=O) groups is 2. The van der Waals surface area contributed by atoms with E-state index in [9.17, 15) is 14.0 Å². The van der Waals surface area contributed by atoms with Gasteiger partial charge < -0.3 is 14.5 Å². The maximum atomic E-state index is 14.1. The summed E-state index contributed by atoms with van der Waals surface area (Å²) in [6.07, 6.45) is 0.718. The zero-order valence-electron chi connectivity index (χ0n) is 21.3. The van der Waals surface area contributed by atoms with E-state index in [1.165, 1.54) is 30.4 Å². The molecular formula is C30H28FN3O3S. The smallest absolute Gasteiger partial charge is 0.273 e. The highest BCUT2D eigenvalue weighted by Crippen LogP contribution is 2.37. The Morgan fingerprint density at radius 2 is 1.92 bits per heavy atom. The van der Waals surface area contributed by atoms with Crippen molar-refractivity contribution >= 4 is 23.2 Å². The fourth-order valence-corrected chi connectivity index (χ4v) is 5.48. The van der Waals surface area contributed by atoms with Crippen LogP contribution in [0.2, 0.25) is 0 Å². The number of thiazole rings is 1. The molecule has 4 aromatic rings. The zero-order valence-corrected chi connectivity index (χ0v) is 22.1. The summed E-state index contributed by atoms with van der Waals surface area (Å²) in [6, 6.07) is 21.6. The molecule has 1 aromatic heterocycles. The van der Waals surface area contributed by atoms with Crippen LogP contribution in [-0.4, -0.2) is 40.2 Å². The lowest BCUT2D eigenvalue weighted by Gasteiger charge is -2.37. The van der Waals surface area contributed by atoms with E-state index >= 15 is 0 Å². The maximum Gasteiger partial charge on any atom is 0.273 e. The van der Waals surface area contributed by atoms with E-state index in [1.807, 2.05) is 54.6 Å². The molecule has 194 valence electrons. The number of carbonyl (C=O) groups excluding carboxylic acids is 2. The highest BCUT2D eigenvalue weighted by atomic mass is 32.1. The van der Waals surface area contributed by atoms with Crippen LogP contribution in [-0.2, 0) is 24.4 Å². The molecule has 2 amide bonds. The van der Waals surface area contributed by atoms with Gasteiger partial charge in [0.25, 0.3) is 5.91 Å². The minimum atomic E-state index is -0.389. The second kappa shape index (κ2) is 11.1. The van der Waals surface area contributed by atoms with Gasteiger partial charge in [0.2, 0.25) is 5.91 Å². The highest BCUT2D eigenvalue weighted by molar-refractivity contribution is 7.09. The Morgan fingerprint density at radius 3 is 2.68 bits per heavy atom. The minimum Gasteiger partial charge on any atom is -0.486 e. The molecule has 1 aliphatic rings. The van der Waals surface area contributed by atoms with Crippen molar-refractivity contribution in [3.63, 3.8) is 0 Å². The van der Waals surface area contributed by atoms with Gasteiger partial charge in [0.1, 0.15) is 28.9 Å². The van der Waals surface area contributed by atoms with E-state index in [0.29, 0.717) is 29.5 Å². The third kappa shape index (κ3) is 5.60. The normalized spacial score (nSPS) is 14.6. The fourth-order valence-electron chi connectivity index (χ4n) is 4.80. The van der Waals surface area contributed by atoms with Crippen molar-refractivity contribution in [1.29, 1.82) is 0 Å². The third-order valence-corrected chi connectivity index (χ3v) is 7.48. The number of hydrogen-bond acceptors (Lipinski definition) is 5. The Morgan fingerprint density at radius 1 is 1.11 bits per heavy atom. The molecule has 0 saturated carbocycles. The van der Waals surface area contributed by atoms with Gasteiger partial charge in [-0.1, -0.05) is 48.5 Å². The molecule has 2 heterocycles. The van der Waals surface area contributed by atoms with Crippen LogP contribution >= 0.6 is 11.3 Å². The molecular weight excluding hydrogens is 501 g/mol. The molecule has 0 bridgehead atoms. The van der Waals surface area contributed by atoms with Crippen LogP contribution in [0.5, 0.6) is 5.75 Å². The van der Waals surface area contributed by atoms with E-state index < -0.39 is 0 Å². The minimum absolute atomic E-state index is 0.0616. The summed E-state index contributed by atoms with van der Waals surface area (Å²) in [5.74, 6) is 0.0785. The van der Waals surface area contributed by atoms with Gasteiger partial charge in [-0.15, -0.1) is 11.3 Å². The Balaban J connectivity index is 1.30. The maximum absolute atomic E-state index is 14.1. The summed E-state index contributed by atoms with van der Waals surface area (Å²) in [5.41, 5.74) is 4.19. The van der Waals surface area contributed by atoms with Gasteiger partial charge in [-0.2, -0.15) is 0 Å². The first-order valence-corrected chi connectivity index (χ1v) is 13.3. The van der Waals surface area contributed by atoms with Crippen molar-refractivity contribution in [2.75, 3.05) is 13.6 Å². The number of nitrogens with zero attached hydrogens (tertiary/aromatic N) is 3. The number of amides is 2. The standard InChI is InChI=1S/C30H28FN3O3S/c1-20(35)34-14-13-22-11-12-25(16-26(22)29(34)23-9-6-10-24(31)15-23)37-18-28-32-27(19-38-28)30(36)33(2)17-21-7-4-3-5-8-21/h3-12,15-16,19,29H,13-14,17-18H2,1-2H3/t29-/m1/s1. The molecule has 0 aliphatic carbocycles. The SMILES string of the molecule is CC(=O)N1CCc2ccc(OCc3nc(C(=O)N(C)Cc4ccccc4)cs3)cc2[C@H]1c1cccc(F)c1. The molecule has 0 radical (unpaired) electrons. The molecule has 0 fully saturated rings. The molecule has 0 unspecified atom stereocenters. The van der Waals surface area contributed by atoms with Crippen LogP contribution in [0.3, 0.4) is 0 Å². The number of benzene rings is 3. The number of aromatic nitrogens is 1. The van der Waals surface area contributed by atoms with E-state index in [4.69, 9.17) is 4.74 Å². The van der Waals surface area contributed by atoms with Gasteiger partial charge in [-0.05, 0) is 52.9 Å². The topological polar surface area (TPSA) is 62.7 Å². The molecule has 1 atom stereocenters. The quantitative estimate of drug-likeness (QED) is 0.311. The van der Waals surface area contributed by atoms with Crippen molar-refractivity contribution in [3.05, 3.63) is 117 Å². The Bertz CT molecular complexity index is 1460. The number of halogens is 1. The van der Waals surface area contributed by atoms with Gasteiger partial charge in [-0.3, -0.25) is 9.59 Å². The molecule has 0 spiro atoms. The van der Waals surface area contributed by atoms with Gasteiger partial charge in [0.05, 0.1) is 6.04 Å². The van der Waals surface area contributed by atoms with Gasteiger partial charge >= 0.3 is 0 Å². The number of hydrogen-bond donors (Lipinski definition) is 0. The summed E-state index contributed by atoms with van der Waals surface area (Å²) >= 11 is 1.37. The molecule has 6 nitrogen and oxygen atoms in total.